The van der Waals surface area contributed by atoms with Crippen molar-refractivity contribution in [3.8, 4) is 0 Å². The summed E-state index contributed by atoms with van der Waals surface area (Å²) in [7, 11) is -3.92. The zero-order chi connectivity index (χ0) is 23.6. The first-order valence-electron chi connectivity index (χ1n) is 10.6. The summed E-state index contributed by atoms with van der Waals surface area (Å²) in [5.74, 6) is -0.136. The Morgan fingerprint density at radius 2 is 1.79 bits per heavy atom. The van der Waals surface area contributed by atoms with Gasteiger partial charge in [0, 0.05) is 34.6 Å². The van der Waals surface area contributed by atoms with Gasteiger partial charge in [-0.25, -0.2) is 8.42 Å². The van der Waals surface area contributed by atoms with Crippen LogP contribution < -0.4 is 5.56 Å². The van der Waals surface area contributed by atoms with Crippen molar-refractivity contribution < 1.29 is 13.2 Å². The van der Waals surface area contributed by atoms with Gasteiger partial charge in [-0.15, -0.1) is 11.3 Å². The molecule has 0 spiro atoms. The minimum atomic E-state index is -3.92. The molecule has 0 amide bonds. The molecule has 0 fully saturated rings. The molecule has 0 bridgehead atoms. The summed E-state index contributed by atoms with van der Waals surface area (Å²) in [5.41, 5.74) is 2.35. The van der Waals surface area contributed by atoms with Crippen molar-refractivity contribution in [1.29, 1.82) is 0 Å². The predicted octanol–water partition coefficient (Wildman–Crippen LogP) is 4.75. The van der Waals surface area contributed by atoms with Gasteiger partial charge in [0.25, 0.3) is 5.56 Å². The number of H-pyrrole nitrogens is 1. The summed E-state index contributed by atoms with van der Waals surface area (Å²) in [6.07, 6.45) is 0.861. The average Bonchev–Trinajstić information content (AvgIpc) is 3.32. The Kier molecular flexibility index (Phi) is 6.60. The maximum atomic E-state index is 13.6. The van der Waals surface area contributed by atoms with Gasteiger partial charge in [-0.05, 0) is 66.1 Å². The second-order valence-electron chi connectivity index (χ2n) is 7.83. The molecule has 1 N–H and O–H groups in total. The first-order chi connectivity index (χ1) is 15.8. The number of carbonyl (C=O) groups is 1. The number of carbonyl (C=O) groups excluding carboxylic acids is 1. The normalized spacial score (nSPS) is 11.8. The number of hydrogen-bond acceptors (Lipinski definition) is 5. The fraction of sp³-hybridized carbons (Fsp3) is 0.200. The van der Waals surface area contributed by atoms with E-state index < -0.39 is 10.0 Å². The van der Waals surface area contributed by atoms with E-state index in [4.69, 9.17) is 0 Å². The summed E-state index contributed by atoms with van der Waals surface area (Å²) in [5, 5.41) is 2.75. The van der Waals surface area contributed by atoms with Crippen LogP contribution in [0.3, 0.4) is 0 Å². The smallest absolute Gasteiger partial charge is 0.252 e. The third-order valence-electron chi connectivity index (χ3n) is 5.55. The van der Waals surface area contributed by atoms with Crippen LogP contribution in [-0.2, 0) is 29.5 Å². The molecule has 0 unspecified atom stereocenters. The van der Waals surface area contributed by atoms with Crippen molar-refractivity contribution in [2.75, 3.05) is 0 Å². The Morgan fingerprint density at radius 1 is 1.03 bits per heavy atom. The number of Topliss-reactive ketones (excluding diaryl/α,β-unsaturated/α-hetero) is 1. The van der Waals surface area contributed by atoms with Gasteiger partial charge in [0.1, 0.15) is 0 Å². The monoisotopic (exact) mass is 480 g/mol. The average molecular weight is 481 g/mol. The van der Waals surface area contributed by atoms with Crippen LogP contribution >= 0.6 is 11.3 Å². The van der Waals surface area contributed by atoms with E-state index in [0.29, 0.717) is 16.6 Å². The van der Waals surface area contributed by atoms with Gasteiger partial charge in [-0.1, -0.05) is 31.2 Å². The van der Waals surface area contributed by atoms with E-state index in [0.717, 1.165) is 22.2 Å². The van der Waals surface area contributed by atoms with Crippen LogP contribution in [0.1, 0.15) is 40.2 Å². The van der Waals surface area contributed by atoms with Crippen molar-refractivity contribution in [3.05, 3.63) is 98.0 Å². The third kappa shape index (κ3) is 4.98. The Labute approximate surface area is 196 Å². The molecule has 2 heterocycles. The maximum absolute atomic E-state index is 13.6. The highest BCUT2D eigenvalue weighted by Crippen LogP contribution is 2.24. The third-order valence-corrected chi connectivity index (χ3v) is 8.22. The highest BCUT2D eigenvalue weighted by atomic mass is 32.2. The molecule has 0 radical (unpaired) electrons. The number of nitrogens with one attached hydrogen (secondary N) is 1. The number of aryl methyl sites for hydroxylation is 1. The summed E-state index contributed by atoms with van der Waals surface area (Å²) in [4.78, 5) is 28.2. The second kappa shape index (κ2) is 9.43. The number of nitrogens with zero attached hydrogens (tertiary/aromatic N) is 1. The minimum Gasteiger partial charge on any atom is -0.322 e. The Bertz CT molecular complexity index is 1450. The Hall–Kier alpha value is -3.07. The van der Waals surface area contributed by atoms with Crippen molar-refractivity contribution >= 4 is 38.0 Å². The van der Waals surface area contributed by atoms with Crippen molar-refractivity contribution in [3.63, 3.8) is 0 Å². The molecular formula is C25H24N2O4S2. The number of fused-ring (bicyclic) bond motifs is 1. The SMILES string of the molecule is CCc1ccc2[nH]c(=O)c(CN(Cc3cccs3)S(=O)(=O)c3ccc(C(C)=O)cc3)cc2c1. The lowest BCUT2D eigenvalue weighted by molar-refractivity contribution is 0.101. The zero-order valence-electron chi connectivity index (χ0n) is 18.4. The summed E-state index contributed by atoms with van der Waals surface area (Å²) >= 11 is 1.45. The minimum absolute atomic E-state index is 0.0731. The molecule has 2 aromatic heterocycles. The molecule has 8 heteroatoms. The lowest BCUT2D eigenvalue weighted by atomic mass is 10.1. The van der Waals surface area contributed by atoms with Crippen molar-refractivity contribution in [2.45, 2.75) is 38.3 Å². The number of thiophene rings is 1. The van der Waals surface area contributed by atoms with E-state index in [2.05, 4.69) is 11.9 Å². The molecule has 4 rings (SSSR count). The Balaban J connectivity index is 1.75. The standard InChI is InChI=1S/C25H24N2O4S2/c1-3-18-6-11-24-20(13-18)14-21(25(29)26-24)15-27(16-22-5-4-12-32-22)33(30,31)23-9-7-19(8-10-23)17(2)28/h4-14H,3,15-16H2,1-2H3,(H,26,29). The van der Waals surface area contributed by atoms with Gasteiger partial charge < -0.3 is 4.98 Å². The van der Waals surface area contributed by atoms with Crippen LogP contribution in [-0.4, -0.2) is 23.5 Å². The molecule has 0 saturated carbocycles. The van der Waals surface area contributed by atoms with Gasteiger partial charge in [0.05, 0.1) is 4.90 Å². The number of rotatable bonds is 8. The number of benzene rings is 2. The summed E-state index contributed by atoms with van der Waals surface area (Å²) in [6, 6.07) is 17.2. The van der Waals surface area contributed by atoms with Crippen LogP contribution in [0.5, 0.6) is 0 Å². The van der Waals surface area contributed by atoms with Crippen LogP contribution in [0.2, 0.25) is 0 Å². The van der Waals surface area contributed by atoms with Crippen LogP contribution in [0.4, 0.5) is 0 Å². The van der Waals surface area contributed by atoms with E-state index >= 15 is 0 Å². The highest BCUT2D eigenvalue weighted by Gasteiger charge is 2.26. The molecule has 170 valence electrons. The number of pyridine rings is 1. The van der Waals surface area contributed by atoms with E-state index in [1.54, 1.807) is 6.07 Å². The molecule has 4 aromatic rings. The first kappa shape index (κ1) is 23.1. The molecular weight excluding hydrogens is 456 g/mol. The van der Waals surface area contributed by atoms with Gasteiger partial charge in [0.2, 0.25) is 10.0 Å². The molecule has 2 aromatic carbocycles. The van der Waals surface area contributed by atoms with Gasteiger partial charge >= 0.3 is 0 Å². The molecule has 0 atom stereocenters. The number of ketones is 1. The van der Waals surface area contributed by atoms with Crippen molar-refractivity contribution in [2.24, 2.45) is 0 Å². The number of hydrogen-bond donors (Lipinski definition) is 1. The highest BCUT2D eigenvalue weighted by molar-refractivity contribution is 7.89. The van der Waals surface area contributed by atoms with Crippen LogP contribution in [0.15, 0.2) is 75.7 Å². The Morgan fingerprint density at radius 3 is 2.42 bits per heavy atom. The van der Waals surface area contributed by atoms with Gasteiger partial charge in [-0.3, -0.25) is 9.59 Å². The van der Waals surface area contributed by atoms with E-state index in [1.807, 2.05) is 35.7 Å². The largest absolute Gasteiger partial charge is 0.322 e. The van der Waals surface area contributed by atoms with Crippen LogP contribution in [0, 0.1) is 0 Å². The number of aromatic amines is 1. The summed E-state index contributed by atoms with van der Waals surface area (Å²) < 4.78 is 28.4. The van der Waals surface area contributed by atoms with E-state index in [-0.39, 0.29) is 29.3 Å². The topological polar surface area (TPSA) is 87.3 Å². The summed E-state index contributed by atoms with van der Waals surface area (Å²) in [6.45, 7) is 3.56. The fourth-order valence-electron chi connectivity index (χ4n) is 3.64. The van der Waals surface area contributed by atoms with Gasteiger partial charge in [0.15, 0.2) is 5.78 Å². The lowest BCUT2D eigenvalue weighted by Crippen LogP contribution is -2.32. The molecule has 0 saturated heterocycles. The molecule has 0 aliphatic heterocycles. The number of aromatic nitrogens is 1. The maximum Gasteiger partial charge on any atom is 0.252 e. The second-order valence-corrected chi connectivity index (χ2v) is 10.8. The molecule has 0 aliphatic rings. The lowest BCUT2D eigenvalue weighted by Gasteiger charge is -2.22. The molecule has 33 heavy (non-hydrogen) atoms. The van der Waals surface area contributed by atoms with Gasteiger partial charge in [-0.2, -0.15) is 4.31 Å². The number of sulfonamides is 1. The zero-order valence-corrected chi connectivity index (χ0v) is 20.0. The van der Waals surface area contributed by atoms with E-state index in [9.17, 15) is 18.0 Å². The molecule has 0 aliphatic carbocycles. The quantitative estimate of drug-likeness (QED) is 0.369. The van der Waals surface area contributed by atoms with Crippen molar-refractivity contribution in [1.82, 2.24) is 9.29 Å². The van der Waals surface area contributed by atoms with Crippen LogP contribution in [0.25, 0.3) is 10.9 Å². The molecule has 6 nitrogen and oxygen atoms in total. The predicted molar refractivity (Wildman–Crippen MR) is 131 cm³/mol. The fourth-order valence-corrected chi connectivity index (χ4v) is 5.84. The first-order valence-corrected chi connectivity index (χ1v) is 12.9. The van der Waals surface area contributed by atoms with E-state index in [1.165, 1.54) is 46.8 Å².